The van der Waals surface area contributed by atoms with Crippen LogP contribution in [0.2, 0.25) is 0 Å². The van der Waals surface area contributed by atoms with Gasteiger partial charge in [-0.3, -0.25) is 19.2 Å². The summed E-state index contributed by atoms with van der Waals surface area (Å²) in [5.74, 6) is -2.25. The van der Waals surface area contributed by atoms with Crippen LogP contribution >= 0.6 is 0 Å². The molecule has 2 aliphatic rings. The summed E-state index contributed by atoms with van der Waals surface area (Å²) >= 11 is 0. The van der Waals surface area contributed by atoms with Crippen molar-refractivity contribution in [1.29, 1.82) is 0 Å². The van der Waals surface area contributed by atoms with E-state index in [4.69, 9.17) is 4.74 Å². The summed E-state index contributed by atoms with van der Waals surface area (Å²) in [7, 11) is 1.90. The molecule has 182 valence electrons. The first kappa shape index (κ1) is 23.4. The van der Waals surface area contributed by atoms with Gasteiger partial charge in [0.1, 0.15) is 0 Å². The molecule has 2 aromatic carbocycles. The first-order chi connectivity index (χ1) is 17.4. The van der Waals surface area contributed by atoms with E-state index in [-0.39, 0.29) is 30.6 Å². The lowest BCUT2D eigenvalue weighted by Crippen LogP contribution is -2.36. The molecule has 1 N–H and O–H groups in total. The number of hydrogen-bond donors (Lipinski definition) is 1. The molecule has 36 heavy (non-hydrogen) atoms. The number of benzene rings is 2. The summed E-state index contributed by atoms with van der Waals surface area (Å²) in [6, 6.07) is 15.9. The summed E-state index contributed by atoms with van der Waals surface area (Å²) in [5, 5.41) is 2.89. The van der Waals surface area contributed by atoms with E-state index in [1.165, 1.54) is 12.1 Å². The number of ether oxygens (including phenoxy) is 1. The van der Waals surface area contributed by atoms with E-state index in [1.54, 1.807) is 12.1 Å². The molecule has 0 fully saturated rings. The number of nitrogens with one attached hydrogen (secondary N) is 1. The molecule has 9 nitrogen and oxygen atoms in total. The number of anilines is 1. The van der Waals surface area contributed by atoms with E-state index in [0.717, 1.165) is 16.8 Å². The fourth-order valence-corrected chi connectivity index (χ4v) is 4.43. The Bertz CT molecular complexity index is 1390. The van der Waals surface area contributed by atoms with Gasteiger partial charge in [0, 0.05) is 36.5 Å². The minimum Gasteiger partial charge on any atom is -0.352 e. The number of fused-ring (bicyclic) bond motifs is 2. The van der Waals surface area contributed by atoms with Crippen molar-refractivity contribution in [1.82, 2.24) is 9.47 Å². The fraction of sp³-hybridized carbons (Fsp3) is 0.222. The summed E-state index contributed by atoms with van der Waals surface area (Å²) < 4.78 is 7.71. The van der Waals surface area contributed by atoms with E-state index >= 15 is 0 Å². The third kappa shape index (κ3) is 4.03. The topological polar surface area (TPSA) is 110 Å². The van der Waals surface area contributed by atoms with Crippen LogP contribution in [0, 0.1) is 6.92 Å². The highest BCUT2D eigenvalue weighted by atomic mass is 16.5. The van der Waals surface area contributed by atoms with Crippen LogP contribution in [-0.4, -0.2) is 51.6 Å². The normalized spacial score (nSPS) is 16.8. The van der Waals surface area contributed by atoms with Gasteiger partial charge in [-0.05, 0) is 25.5 Å². The van der Waals surface area contributed by atoms with Crippen molar-refractivity contribution >= 4 is 35.0 Å². The van der Waals surface area contributed by atoms with Gasteiger partial charge in [-0.15, -0.1) is 0 Å². The standard InChI is InChI=1S/C27H24N4O5/c1-16-22-20(15-30(16)2)28-24(33)25(29-23(22)17-9-4-3-5-10-17)36-14-8-13-21(32)31-26(34)18-11-6-7-12-19(18)27(31)35/h3-7,9-12,15,25H,8,13-14H2,1-2H3,(H,28,33). The average Bonchev–Trinajstić information content (AvgIpc) is 3.24. The predicted molar refractivity (Wildman–Crippen MR) is 132 cm³/mol. The molecule has 9 heteroatoms. The van der Waals surface area contributed by atoms with Gasteiger partial charge in [-0.2, -0.15) is 0 Å². The van der Waals surface area contributed by atoms with Crippen LogP contribution in [0.4, 0.5) is 5.69 Å². The minimum absolute atomic E-state index is 0.0372. The molecule has 5 rings (SSSR count). The van der Waals surface area contributed by atoms with Gasteiger partial charge < -0.3 is 14.6 Å². The maximum atomic E-state index is 12.9. The molecule has 1 atom stereocenters. The molecule has 2 aliphatic heterocycles. The van der Waals surface area contributed by atoms with Crippen LogP contribution in [0.25, 0.3) is 0 Å². The first-order valence-electron chi connectivity index (χ1n) is 11.6. The molecular weight excluding hydrogens is 460 g/mol. The molecule has 1 unspecified atom stereocenters. The average molecular weight is 485 g/mol. The molecule has 0 bridgehead atoms. The lowest BCUT2D eigenvalue weighted by atomic mass is 10.0. The maximum Gasteiger partial charge on any atom is 0.276 e. The number of carbonyl (C=O) groups is 4. The Morgan fingerprint density at radius 1 is 1.00 bits per heavy atom. The number of imide groups is 3. The van der Waals surface area contributed by atoms with Crippen LogP contribution in [0.3, 0.4) is 0 Å². The molecule has 0 aliphatic carbocycles. The fourth-order valence-electron chi connectivity index (χ4n) is 4.43. The molecule has 0 spiro atoms. The number of aromatic nitrogens is 1. The quantitative estimate of drug-likeness (QED) is 0.427. The highest BCUT2D eigenvalue weighted by Gasteiger charge is 2.39. The second-order valence-electron chi connectivity index (χ2n) is 8.66. The molecule has 3 aromatic rings. The first-order valence-corrected chi connectivity index (χ1v) is 11.6. The SMILES string of the molecule is Cc1c2c(cn1C)NC(=O)C(OCCCC(=O)N1C(=O)c3ccccc3C1=O)N=C2c1ccccc1. The smallest absolute Gasteiger partial charge is 0.276 e. The van der Waals surface area contributed by atoms with Crippen molar-refractivity contribution in [3.05, 3.63) is 88.7 Å². The second-order valence-corrected chi connectivity index (χ2v) is 8.66. The van der Waals surface area contributed by atoms with Gasteiger partial charge >= 0.3 is 0 Å². The molecule has 0 saturated carbocycles. The monoisotopic (exact) mass is 484 g/mol. The van der Waals surface area contributed by atoms with Crippen LogP contribution < -0.4 is 5.32 Å². The number of carbonyl (C=O) groups excluding carboxylic acids is 4. The number of aliphatic imine (C=N–C) groups is 1. The Hall–Kier alpha value is -4.37. The van der Waals surface area contributed by atoms with Crippen molar-refractivity contribution in [2.75, 3.05) is 11.9 Å². The zero-order chi connectivity index (χ0) is 25.4. The van der Waals surface area contributed by atoms with Gasteiger partial charge in [0.15, 0.2) is 0 Å². The van der Waals surface area contributed by atoms with Gasteiger partial charge in [-0.1, -0.05) is 42.5 Å². The summed E-state index contributed by atoms with van der Waals surface area (Å²) in [6.45, 7) is 1.99. The Labute approximate surface area is 207 Å². The summed E-state index contributed by atoms with van der Waals surface area (Å²) in [6.07, 6.45) is 0.838. The predicted octanol–water partition coefficient (Wildman–Crippen LogP) is 3.07. The van der Waals surface area contributed by atoms with E-state index in [2.05, 4.69) is 10.3 Å². The van der Waals surface area contributed by atoms with Crippen molar-refractivity contribution in [3.8, 4) is 0 Å². The zero-order valence-electron chi connectivity index (χ0n) is 19.9. The number of nitrogens with zero attached hydrogens (tertiary/aromatic N) is 3. The lowest BCUT2D eigenvalue weighted by Gasteiger charge is -2.14. The summed E-state index contributed by atoms with van der Waals surface area (Å²) in [5.41, 5.74) is 4.34. The zero-order valence-corrected chi connectivity index (χ0v) is 19.9. The molecule has 4 amide bonds. The number of rotatable bonds is 6. The van der Waals surface area contributed by atoms with Crippen molar-refractivity contribution in [2.24, 2.45) is 12.0 Å². The Morgan fingerprint density at radius 3 is 2.31 bits per heavy atom. The Balaban J connectivity index is 1.28. The Morgan fingerprint density at radius 2 is 1.64 bits per heavy atom. The van der Waals surface area contributed by atoms with Crippen LogP contribution in [0.5, 0.6) is 0 Å². The largest absolute Gasteiger partial charge is 0.352 e. The lowest BCUT2D eigenvalue weighted by molar-refractivity contribution is -0.128. The molecule has 0 saturated heterocycles. The molecular formula is C27H24N4O5. The second kappa shape index (κ2) is 9.35. The van der Waals surface area contributed by atoms with Gasteiger partial charge in [0.25, 0.3) is 17.7 Å². The van der Waals surface area contributed by atoms with Crippen LogP contribution in [0.1, 0.15) is 50.4 Å². The van der Waals surface area contributed by atoms with Gasteiger partial charge in [0.05, 0.1) is 29.1 Å². The van der Waals surface area contributed by atoms with E-state index in [1.807, 2.05) is 55.1 Å². The highest BCUT2D eigenvalue weighted by Crippen LogP contribution is 2.29. The third-order valence-electron chi connectivity index (χ3n) is 6.35. The highest BCUT2D eigenvalue weighted by molar-refractivity contribution is 6.28. The minimum atomic E-state index is -1.12. The molecule has 3 heterocycles. The number of hydrogen-bond acceptors (Lipinski definition) is 6. The van der Waals surface area contributed by atoms with Crippen molar-refractivity contribution in [2.45, 2.75) is 26.0 Å². The number of amides is 4. The van der Waals surface area contributed by atoms with Gasteiger partial charge in [0.2, 0.25) is 12.1 Å². The van der Waals surface area contributed by atoms with Crippen molar-refractivity contribution in [3.63, 3.8) is 0 Å². The van der Waals surface area contributed by atoms with Crippen LogP contribution in [-0.2, 0) is 21.4 Å². The maximum absolute atomic E-state index is 12.9. The van der Waals surface area contributed by atoms with Gasteiger partial charge in [-0.25, -0.2) is 9.89 Å². The van der Waals surface area contributed by atoms with E-state index < -0.39 is 29.9 Å². The molecule has 0 radical (unpaired) electrons. The molecule has 1 aromatic heterocycles. The Kier molecular flexibility index (Phi) is 6.07. The number of aryl methyl sites for hydroxylation is 1. The van der Waals surface area contributed by atoms with E-state index in [9.17, 15) is 19.2 Å². The third-order valence-corrected chi connectivity index (χ3v) is 6.35. The summed E-state index contributed by atoms with van der Waals surface area (Å²) in [4.78, 5) is 55.9. The van der Waals surface area contributed by atoms with Crippen molar-refractivity contribution < 1.29 is 23.9 Å². The van der Waals surface area contributed by atoms with Crippen LogP contribution in [0.15, 0.2) is 65.8 Å². The van der Waals surface area contributed by atoms with E-state index in [0.29, 0.717) is 16.3 Å².